The summed E-state index contributed by atoms with van der Waals surface area (Å²) in [5.41, 5.74) is 3.12. The van der Waals surface area contributed by atoms with Gasteiger partial charge in [0.25, 0.3) is 5.56 Å². The van der Waals surface area contributed by atoms with Crippen LogP contribution in [0.25, 0.3) is 27.5 Å². The van der Waals surface area contributed by atoms with Crippen molar-refractivity contribution >= 4 is 21.8 Å². The first-order valence-corrected chi connectivity index (χ1v) is 7.85. The van der Waals surface area contributed by atoms with E-state index in [0.29, 0.717) is 5.39 Å². The third kappa shape index (κ3) is 2.26. The first-order valence-electron chi connectivity index (χ1n) is 7.85. The number of aromatic nitrogens is 3. The second-order valence-corrected chi connectivity index (χ2v) is 5.79. The highest BCUT2D eigenvalue weighted by Crippen LogP contribution is 2.29. The van der Waals surface area contributed by atoms with Crippen molar-refractivity contribution < 1.29 is 9.47 Å². The minimum absolute atomic E-state index is 0.136. The summed E-state index contributed by atoms with van der Waals surface area (Å²) in [6.07, 6.45) is 1.61. The van der Waals surface area contributed by atoms with Crippen molar-refractivity contribution in [2.45, 2.75) is 6.92 Å². The molecule has 0 atom stereocenters. The number of hydrogen-bond acceptors (Lipinski definition) is 4. The van der Waals surface area contributed by atoms with Crippen molar-refractivity contribution in [1.82, 2.24) is 14.8 Å². The van der Waals surface area contributed by atoms with Gasteiger partial charge in [-0.05, 0) is 43.3 Å². The van der Waals surface area contributed by atoms with Crippen LogP contribution in [0.5, 0.6) is 11.5 Å². The van der Waals surface area contributed by atoms with E-state index in [1.54, 1.807) is 20.4 Å². The molecule has 2 heterocycles. The van der Waals surface area contributed by atoms with E-state index < -0.39 is 0 Å². The molecule has 0 aliphatic rings. The summed E-state index contributed by atoms with van der Waals surface area (Å²) in [6.45, 7) is 1.96. The van der Waals surface area contributed by atoms with Crippen LogP contribution in [0.2, 0.25) is 0 Å². The summed E-state index contributed by atoms with van der Waals surface area (Å²) in [7, 11) is 3.24. The van der Waals surface area contributed by atoms with Crippen LogP contribution < -0.4 is 15.0 Å². The molecule has 4 rings (SSSR count). The number of aromatic amines is 1. The van der Waals surface area contributed by atoms with Crippen LogP contribution in [0.1, 0.15) is 5.56 Å². The number of nitrogens with one attached hydrogen (secondary N) is 1. The van der Waals surface area contributed by atoms with Crippen molar-refractivity contribution in [3.8, 4) is 17.2 Å². The predicted molar refractivity (Wildman–Crippen MR) is 97.0 cm³/mol. The summed E-state index contributed by atoms with van der Waals surface area (Å²) in [4.78, 5) is 17.3. The fourth-order valence-electron chi connectivity index (χ4n) is 3.09. The smallest absolute Gasteiger partial charge is 0.280 e. The maximum absolute atomic E-state index is 12.8. The fraction of sp³-hybridized carbons (Fsp3) is 0.158. The van der Waals surface area contributed by atoms with Crippen LogP contribution in [0.4, 0.5) is 0 Å². The molecule has 2 aromatic heterocycles. The number of benzene rings is 2. The SMILES string of the molecule is COc1ccc(-n2[nH]c3c(cnc4c(C)c(OC)ccc43)c2=O)cc1. The van der Waals surface area contributed by atoms with Gasteiger partial charge in [-0.1, -0.05) is 0 Å². The standard InChI is InChI=1S/C19H17N3O3/c1-11-16(25-3)9-8-14-17(11)20-10-15-18(14)21-22(19(15)23)12-4-6-13(24-2)7-5-12/h4-10,21H,1-3H3. The first-order chi connectivity index (χ1) is 12.1. The first kappa shape index (κ1) is 15.3. The largest absolute Gasteiger partial charge is 0.497 e. The zero-order valence-electron chi connectivity index (χ0n) is 14.2. The molecule has 0 amide bonds. The van der Waals surface area contributed by atoms with Gasteiger partial charge < -0.3 is 9.47 Å². The average Bonchev–Trinajstić information content (AvgIpc) is 2.99. The molecule has 6 nitrogen and oxygen atoms in total. The quantitative estimate of drug-likeness (QED) is 0.624. The molecule has 1 N–H and O–H groups in total. The van der Waals surface area contributed by atoms with Crippen molar-refractivity contribution in [3.63, 3.8) is 0 Å². The van der Waals surface area contributed by atoms with Gasteiger partial charge in [0, 0.05) is 17.1 Å². The minimum Gasteiger partial charge on any atom is -0.497 e. The van der Waals surface area contributed by atoms with E-state index in [1.807, 2.05) is 43.3 Å². The molecule has 0 unspecified atom stereocenters. The van der Waals surface area contributed by atoms with Gasteiger partial charge in [-0.15, -0.1) is 0 Å². The van der Waals surface area contributed by atoms with Gasteiger partial charge in [0.2, 0.25) is 0 Å². The predicted octanol–water partition coefficient (Wildman–Crippen LogP) is 3.19. The summed E-state index contributed by atoms with van der Waals surface area (Å²) in [5, 5.41) is 4.65. The summed E-state index contributed by atoms with van der Waals surface area (Å²) in [6, 6.07) is 11.1. The molecule has 0 aliphatic carbocycles. The molecule has 6 heteroatoms. The highest BCUT2D eigenvalue weighted by molar-refractivity contribution is 6.04. The number of hydrogen-bond donors (Lipinski definition) is 1. The summed E-state index contributed by atoms with van der Waals surface area (Å²) in [5.74, 6) is 1.51. The van der Waals surface area contributed by atoms with Gasteiger partial charge in [0.05, 0.1) is 36.3 Å². The van der Waals surface area contributed by atoms with E-state index in [9.17, 15) is 4.79 Å². The number of aryl methyl sites for hydroxylation is 1. The van der Waals surface area contributed by atoms with Crippen LogP contribution in [-0.4, -0.2) is 29.0 Å². The Balaban J connectivity index is 1.99. The monoisotopic (exact) mass is 335 g/mol. The Morgan fingerprint density at radius 2 is 1.76 bits per heavy atom. The maximum Gasteiger partial charge on any atom is 0.280 e. The minimum atomic E-state index is -0.136. The third-order valence-corrected chi connectivity index (χ3v) is 4.45. The zero-order valence-corrected chi connectivity index (χ0v) is 14.2. The van der Waals surface area contributed by atoms with Crippen molar-refractivity contribution in [1.29, 1.82) is 0 Å². The second kappa shape index (κ2) is 5.66. The zero-order chi connectivity index (χ0) is 17.6. The molecule has 0 aliphatic heterocycles. The van der Waals surface area contributed by atoms with Crippen molar-refractivity contribution in [2.24, 2.45) is 0 Å². The highest BCUT2D eigenvalue weighted by Gasteiger charge is 2.14. The van der Waals surface area contributed by atoms with Crippen LogP contribution in [0, 0.1) is 6.92 Å². The fourth-order valence-corrected chi connectivity index (χ4v) is 3.09. The molecule has 0 fully saturated rings. The Morgan fingerprint density at radius 3 is 2.44 bits per heavy atom. The molecule has 0 spiro atoms. The number of pyridine rings is 1. The van der Waals surface area contributed by atoms with Crippen molar-refractivity contribution in [2.75, 3.05) is 14.2 Å². The number of fused-ring (bicyclic) bond motifs is 3. The van der Waals surface area contributed by atoms with Crippen LogP contribution in [0.15, 0.2) is 47.4 Å². The van der Waals surface area contributed by atoms with E-state index in [0.717, 1.165) is 39.2 Å². The van der Waals surface area contributed by atoms with E-state index >= 15 is 0 Å². The summed E-state index contributed by atoms with van der Waals surface area (Å²) >= 11 is 0. The second-order valence-electron chi connectivity index (χ2n) is 5.79. The lowest BCUT2D eigenvalue weighted by molar-refractivity contribution is 0.412. The van der Waals surface area contributed by atoms with E-state index in [4.69, 9.17) is 9.47 Å². The Hall–Kier alpha value is -3.28. The van der Waals surface area contributed by atoms with E-state index in [2.05, 4.69) is 10.1 Å². The average molecular weight is 335 g/mol. The molecular formula is C19H17N3O3. The van der Waals surface area contributed by atoms with E-state index in [1.165, 1.54) is 4.68 Å². The number of rotatable bonds is 3. The lowest BCUT2D eigenvalue weighted by atomic mass is 10.1. The molecular weight excluding hydrogens is 318 g/mol. The molecule has 4 aromatic rings. The van der Waals surface area contributed by atoms with E-state index in [-0.39, 0.29) is 5.56 Å². The molecule has 0 radical (unpaired) electrons. The van der Waals surface area contributed by atoms with Crippen LogP contribution in [-0.2, 0) is 0 Å². The molecule has 2 aromatic carbocycles. The molecule has 0 saturated carbocycles. The Morgan fingerprint density at radius 1 is 1.00 bits per heavy atom. The Labute approximate surface area is 143 Å². The van der Waals surface area contributed by atoms with Gasteiger partial charge in [0.1, 0.15) is 11.5 Å². The highest BCUT2D eigenvalue weighted by atomic mass is 16.5. The number of nitrogens with zero attached hydrogens (tertiary/aromatic N) is 2. The van der Waals surface area contributed by atoms with Gasteiger partial charge in [0.15, 0.2) is 0 Å². The normalized spacial score (nSPS) is 11.2. The topological polar surface area (TPSA) is 69.1 Å². The number of ether oxygens (including phenoxy) is 2. The molecule has 126 valence electrons. The number of H-pyrrole nitrogens is 1. The molecule has 25 heavy (non-hydrogen) atoms. The van der Waals surface area contributed by atoms with Crippen LogP contribution in [0.3, 0.4) is 0 Å². The van der Waals surface area contributed by atoms with Gasteiger partial charge in [-0.25, -0.2) is 4.68 Å². The van der Waals surface area contributed by atoms with Gasteiger partial charge >= 0.3 is 0 Å². The lowest BCUT2D eigenvalue weighted by Gasteiger charge is -2.07. The maximum atomic E-state index is 12.8. The third-order valence-electron chi connectivity index (χ3n) is 4.45. The molecule has 0 saturated heterocycles. The Bertz CT molecular complexity index is 1140. The lowest BCUT2D eigenvalue weighted by Crippen LogP contribution is -2.14. The van der Waals surface area contributed by atoms with Crippen LogP contribution >= 0.6 is 0 Å². The number of methoxy groups -OCH3 is 2. The van der Waals surface area contributed by atoms with Gasteiger partial charge in [-0.3, -0.25) is 14.9 Å². The Kier molecular flexibility index (Phi) is 3.46. The molecule has 0 bridgehead atoms. The van der Waals surface area contributed by atoms with Crippen molar-refractivity contribution in [3.05, 3.63) is 58.5 Å². The summed E-state index contributed by atoms with van der Waals surface area (Å²) < 4.78 is 12.0. The van der Waals surface area contributed by atoms with Gasteiger partial charge in [-0.2, -0.15) is 0 Å².